The summed E-state index contributed by atoms with van der Waals surface area (Å²) in [5, 5.41) is 3.31. The van der Waals surface area contributed by atoms with Crippen molar-refractivity contribution < 1.29 is 0 Å². The predicted octanol–water partition coefficient (Wildman–Crippen LogP) is 2.64. The van der Waals surface area contributed by atoms with Gasteiger partial charge in [-0.05, 0) is 32.6 Å². The summed E-state index contributed by atoms with van der Waals surface area (Å²) in [6, 6.07) is 0.332. The van der Waals surface area contributed by atoms with Gasteiger partial charge in [-0.2, -0.15) is 0 Å². The molecule has 100 valence electrons. The van der Waals surface area contributed by atoms with Gasteiger partial charge in [-0.3, -0.25) is 4.79 Å². The topological polar surface area (TPSA) is 46.9 Å². The van der Waals surface area contributed by atoms with Crippen molar-refractivity contribution >= 4 is 5.82 Å². The molecular weight excluding hydrogens is 226 g/mol. The van der Waals surface area contributed by atoms with Gasteiger partial charge in [0.15, 0.2) is 5.82 Å². The maximum atomic E-state index is 12.1. The van der Waals surface area contributed by atoms with Crippen molar-refractivity contribution in [2.45, 2.75) is 58.5 Å². The van der Waals surface area contributed by atoms with Crippen LogP contribution in [0.4, 0.5) is 5.82 Å². The molecule has 1 aliphatic carbocycles. The lowest BCUT2D eigenvalue weighted by Crippen LogP contribution is -2.32. The van der Waals surface area contributed by atoms with E-state index in [4.69, 9.17) is 0 Å². The van der Waals surface area contributed by atoms with E-state index in [1.54, 1.807) is 17.0 Å². The zero-order valence-electron chi connectivity index (χ0n) is 11.4. The van der Waals surface area contributed by atoms with Gasteiger partial charge >= 0.3 is 0 Å². The van der Waals surface area contributed by atoms with E-state index in [-0.39, 0.29) is 5.56 Å². The minimum atomic E-state index is -0.0114. The van der Waals surface area contributed by atoms with Gasteiger partial charge in [0.1, 0.15) is 0 Å². The molecule has 1 atom stereocenters. The van der Waals surface area contributed by atoms with Crippen molar-refractivity contribution in [3.8, 4) is 0 Å². The number of hydrogen-bond donors (Lipinski definition) is 1. The third kappa shape index (κ3) is 2.92. The van der Waals surface area contributed by atoms with E-state index < -0.39 is 0 Å². The van der Waals surface area contributed by atoms with Gasteiger partial charge in [0.25, 0.3) is 5.56 Å². The van der Waals surface area contributed by atoms with Crippen LogP contribution < -0.4 is 10.9 Å². The number of aromatic nitrogens is 2. The summed E-state index contributed by atoms with van der Waals surface area (Å²) >= 11 is 0. The molecule has 1 aliphatic rings. The van der Waals surface area contributed by atoms with Gasteiger partial charge in [-0.15, -0.1) is 0 Å². The molecule has 0 saturated heterocycles. The first kappa shape index (κ1) is 13.1. The summed E-state index contributed by atoms with van der Waals surface area (Å²) in [5.41, 5.74) is -0.0114. The van der Waals surface area contributed by atoms with E-state index >= 15 is 0 Å². The smallest absolute Gasteiger partial charge is 0.293 e. The first-order chi connectivity index (χ1) is 8.72. The van der Waals surface area contributed by atoms with Crippen LogP contribution in [-0.2, 0) is 6.54 Å². The number of aryl methyl sites for hydroxylation is 1. The average Bonchev–Trinajstić information content (AvgIpc) is 2.42. The Labute approximate surface area is 108 Å². The Morgan fingerprint density at radius 3 is 2.83 bits per heavy atom. The number of nitrogens with one attached hydrogen (secondary N) is 1. The Hall–Kier alpha value is -1.32. The molecule has 1 aromatic rings. The maximum Gasteiger partial charge on any atom is 0.293 e. The molecule has 0 aromatic carbocycles. The molecule has 1 heterocycles. The molecule has 1 aromatic heterocycles. The van der Waals surface area contributed by atoms with Crippen molar-refractivity contribution in [3.63, 3.8) is 0 Å². The van der Waals surface area contributed by atoms with Crippen molar-refractivity contribution in [2.24, 2.45) is 5.92 Å². The fraction of sp³-hybridized carbons (Fsp3) is 0.714. The van der Waals surface area contributed by atoms with E-state index in [9.17, 15) is 4.79 Å². The molecule has 4 heteroatoms. The molecule has 0 amide bonds. The normalized spacial score (nSPS) is 18.6. The Bertz CT molecular complexity index is 435. The molecule has 0 bridgehead atoms. The quantitative estimate of drug-likeness (QED) is 0.892. The van der Waals surface area contributed by atoms with Crippen LogP contribution in [0.3, 0.4) is 0 Å². The highest BCUT2D eigenvalue weighted by Crippen LogP contribution is 2.27. The van der Waals surface area contributed by atoms with E-state index in [0.29, 0.717) is 24.3 Å². The van der Waals surface area contributed by atoms with Crippen LogP contribution in [0, 0.1) is 5.92 Å². The lowest BCUT2D eigenvalue weighted by Gasteiger charge is -2.28. The molecule has 0 spiro atoms. The lowest BCUT2D eigenvalue weighted by atomic mass is 9.84. The predicted molar refractivity (Wildman–Crippen MR) is 73.8 cm³/mol. The van der Waals surface area contributed by atoms with Crippen LogP contribution in [0.2, 0.25) is 0 Å². The van der Waals surface area contributed by atoms with Crippen molar-refractivity contribution in [2.75, 3.05) is 5.32 Å². The molecule has 0 aliphatic heterocycles. The SMILES string of the molecule is CCn1ccnc(NC(C)C2CCCCC2)c1=O. The fourth-order valence-corrected chi connectivity index (χ4v) is 2.76. The van der Waals surface area contributed by atoms with Crippen molar-refractivity contribution in [1.82, 2.24) is 9.55 Å². The second-order valence-electron chi connectivity index (χ2n) is 5.20. The number of hydrogen-bond acceptors (Lipinski definition) is 3. The summed E-state index contributed by atoms with van der Waals surface area (Å²) in [6.07, 6.45) is 9.96. The van der Waals surface area contributed by atoms with Gasteiger partial charge in [0, 0.05) is 25.0 Å². The van der Waals surface area contributed by atoms with Crippen LogP contribution in [0.5, 0.6) is 0 Å². The first-order valence-corrected chi connectivity index (χ1v) is 7.04. The fourth-order valence-electron chi connectivity index (χ4n) is 2.76. The Morgan fingerprint density at radius 1 is 1.44 bits per heavy atom. The third-order valence-corrected chi connectivity index (χ3v) is 3.98. The van der Waals surface area contributed by atoms with Gasteiger partial charge in [-0.1, -0.05) is 19.3 Å². The Balaban J connectivity index is 2.06. The summed E-state index contributed by atoms with van der Waals surface area (Å²) < 4.78 is 1.68. The van der Waals surface area contributed by atoms with Crippen LogP contribution >= 0.6 is 0 Å². The molecule has 1 saturated carbocycles. The van der Waals surface area contributed by atoms with Gasteiger partial charge in [-0.25, -0.2) is 4.98 Å². The van der Waals surface area contributed by atoms with E-state index in [1.807, 2.05) is 6.92 Å². The molecule has 4 nitrogen and oxygen atoms in total. The highest BCUT2D eigenvalue weighted by atomic mass is 16.1. The minimum absolute atomic E-state index is 0.0114. The first-order valence-electron chi connectivity index (χ1n) is 7.04. The molecule has 1 unspecified atom stereocenters. The van der Waals surface area contributed by atoms with E-state index in [0.717, 1.165) is 0 Å². The summed E-state index contributed by atoms with van der Waals surface area (Å²) in [6.45, 7) is 4.82. The largest absolute Gasteiger partial charge is 0.363 e. The molecule has 1 fully saturated rings. The van der Waals surface area contributed by atoms with Crippen LogP contribution in [-0.4, -0.2) is 15.6 Å². The second kappa shape index (κ2) is 6.03. The molecule has 1 N–H and O–H groups in total. The number of anilines is 1. The molecule has 18 heavy (non-hydrogen) atoms. The summed E-state index contributed by atoms with van der Waals surface area (Å²) in [5.74, 6) is 1.17. The summed E-state index contributed by atoms with van der Waals surface area (Å²) in [4.78, 5) is 16.2. The third-order valence-electron chi connectivity index (χ3n) is 3.98. The number of rotatable bonds is 4. The van der Waals surface area contributed by atoms with Crippen LogP contribution in [0.15, 0.2) is 17.2 Å². The highest BCUT2D eigenvalue weighted by Gasteiger charge is 2.21. The zero-order valence-corrected chi connectivity index (χ0v) is 11.4. The minimum Gasteiger partial charge on any atom is -0.363 e. The van der Waals surface area contributed by atoms with Gasteiger partial charge in [0.05, 0.1) is 0 Å². The number of nitrogens with zero attached hydrogens (tertiary/aromatic N) is 2. The summed E-state index contributed by atoms with van der Waals surface area (Å²) in [7, 11) is 0. The molecular formula is C14H23N3O. The zero-order chi connectivity index (χ0) is 13.0. The maximum absolute atomic E-state index is 12.1. The average molecular weight is 249 g/mol. The molecule has 0 radical (unpaired) electrons. The van der Waals surface area contributed by atoms with Crippen LogP contribution in [0.1, 0.15) is 46.0 Å². The Kier molecular flexibility index (Phi) is 4.39. The monoisotopic (exact) mass is 249 g/mol. The highest BCUT2D eigenvalue weighted by molar-refractivity contribution is 5.32. The van der Waals surface area contributed by atoms with Gasteiger partial charge in [0.2, 0.25) is 0 Å². The van der Waals surface area contributed by atoms with E-state index in [2.05, 4.69) is 17.2 Å². The Morgan fingerprint density at radius 2 is 2.17 bits per heavy atom. The molecule has 2 rings (SSSR count). The van der Waals surface area contributed by atoms with Crippen molar-refractivity contribution in [1.29, 1.82) is 0 Å². The van der Waals surface area contributed by atoms with Gasteiger partial charge < -0.3 is 9.88 Å². The van der Waals surface area contributed by atoms with Crippen LogP contribution in [0.25, 0.3) is 0 Å². The standard InChI is InChI=1S/C14H23N3O/c1-3-17-10-9-15-13(14(17)18)16-11(2)12-7-5-4-6-8-12/h9-12H,3-8H2,1-2H3,(H,15,16). The lowest BCUT2D eigenvalue weighted by molar-refractivity contribution is 0.328. The van der Waals surface area contributed by atoms with E-state index in [1.165, 1.54) is 32.1 Å². The second-order valence-corrected chi connectivity index (χ2v) is 5.20. The van der Waals surface area contributed by atoms with Crippen molar-refractivity contribution in [3.05, 3.63) is 22.7 Å².